The number of likely N-dealkylation sites (tertiary alicyclic amines) is 1. The number of nitrogens with zero attached hydrogens (tertiary/aromatic N) is 10. The summed E-state index contributed by atoms with van der Waals surface area (Å²) in [6, 6.07) is 7.75. The first-order valence-electron chi connectivity index (χ1n) is 22.8. The molecule has 2 aromatic carbocycles. The summed E-state index contributed by atoms with van der Waals surface area (Å²) in [5, 5.41) is 27.6. The van der Waals surface area contributed by atoms with Crippen molar-refractivity contribution in [2.24, 2.45) is 20.0 Å². The molecule has 0 bridgehead atoms. The second-order valence-corrected chi connectivity index (χ2v) is 18.4. The van der Waals surface area contributed by atoms with Crippen LogP contribution in [0.3, 0.4) is 0 Å². The van der Waals surface area contributed by atoms with Gasteiger partial charge in [0, 0.05) is 49.4 Å². The van der Waals surface area contributed by atoms with E-state index in [4.69, 9.17) is 38.3 Å². The molecule has 0 radical (unpaired) electrons. The maximum atomic E-state index is 13.8. The molecule has 68 heavy (non-hydrogen) atoms. The van der Waals surface area contributed by atoms with Crippen molar-refractivity contribution in [2.45, 2.75) is 64.8 Å². The van der Waals surface area contributed by atoms with Gasteiger partial charge in [0.25, 0.3) is 17.7 Å². The number of β-amino-alcohol motifs (C(OH)–C–C–N with tert-alkyl or cyclic N) is 1. The number of ether oxygens (including phenoxy) is 4. The predicted molar refractivity (Wildman–Crippen MR) is 255 cm³/mol. The molecule has 2 amide bonds. The van der Waals surface area contributed by atoms with E-state index in [1.807, 2.05) is 17.0 Å². The van der Waals surface area contributed by atoms with Crippen molar-refractivity contribution >= 4 is 58.1 Å². The molecule has 5 aliphatic heterocycles. The zero-order valence-corrected chi connectivity index (χ0v) is 39.7. The summed E-state index contributed by atoms with van der Waals surface area (Å²) in [5.74, 6) is 2.02. The first kappa shape index (κ1) is 46.6. The van der Waals surface area contributed by atoms with E-state index in [9.17, 15) is 19.8 Å². The Kier molecular flexibility index (Phi) is 13.7. The summed E-state index contributed by atoms with van der Waals surface area (Å²) >= 11 is 1.03. The van der Waals surface area contributed by atoms with Crippen LogP contribution in [0.2, 0.25) is 0 Å². The lowest BCUT2D eigenvalue weighted by Gasteiger charge is -2.32. The van der Waals surface area contributed by atoms with Crippen LogP contribution in [0.15, 0.2) is 61.0 Å². The van der Waals surface area contributed by atoms with E-state index >= 15 is 0 Å². The SMILES string of the molecule is COc1c(OC[C@@H](O)CN2CCCC2)ccc2c1N=C(NC(=O)c1cnc(-c3ncc(C(=O)NC4=Nc5c(ccc(OC[C@@H](O)CN(C(C)C)C(C)C)c5OC)C5=NCCN45)s3)o1)N1CCN=C21. The molecule has 22 heteroatoms. The van der Waals surface area contributed by atoms with Crippen LogP contribution >= 0.6 is 11.3 Å². The highest BCUT2D eigenvalue weighted by Gasteiger charge is 2.36. The maximum Gasteiger partial charge on any atom is 0.295 e. The molecular weight excluding hydrogens is 897 g/mol. The quantitative estimate of drug-likeness (QED) is 0.119. The van der Waals surface area contributed by atoms with Crippen molar-refractivity contribution < 1.29 is 43.2 Å². The first-order chi connectivity index (χ1) is 32.9. The Morgan fingerprint density at radius 3 is 1.88 bits per heavy atom. The van der Waals surface area contributed by atoms with Crippen LogP contribution in [0, 0.1) is 0 Å². The van der Waals surface area contributed by atoms with Crippen LogP contribution in [-0.2, 0) is 0 Å². The minimum absolute atomic E-state index is 0.0360. The summed E-state index contributed by atoms with van der Waals surface area (Å²) in [6.07, 6.45) is 3.50. The number of aliphatic hydroxyl groups is 2. The van der Waals surface area contributed by atoms with Gasteiger partial charge in [-0.2, -0.15) is 0 Å². The van der Waals surface area contributed by atoms with Gasteiger partial charge in [0.2, 0.25) is 17.7 Å². The molecule has 1 fully saturated rings. The Morgan fingerprint density at radius 1 is 0.765 bits per heavy atom. The number of thiazole rings is 1. The van der Waals surface area contributed by atoms with Gasteiger partial charge < -0.3 is 38.5 Å². The lowest BCUT2D eigenvalue weighted by Crippen LogP contribution is -2.47. The number of carbonyl (C=O) groups excluding carboxylic acids is 2. The third kappa shape index (κ3) is 9.50. The van der Waals surface area contributed by atoms with Crippen LogP contribution in [-0.4, -0.2) is 179 Å². The molecule has 9 rings (SSSR count). The lowest BCUT2D eigenvalue weighted by atomic mass is 10.1. The predicted octanol–water partition coefficient (Wildman–Crippen LogP) is 3.50. The molecule has 21 nitrogen and oxygen atoms in total. The Labute approximate surface area is 397 Å². The molecule has 2 atom stereocenters. The van der Waals surface area contributed by atoms with Crippen molar-refractivity contribution in [1.82, 2.24) is 40.2 Å². The molecule has 0 saturated carbocycles. The van der Waals surface area contributed by atoms with E-state index in [0.717, 1.165) is 37.3 Å². The average Bonchev–Trinajstić information content (AvgIpc) is 4.18. The van der Waals surface area contributed by atoms with Crippen LogP contribution < -0.4 is 29.6 Å². The Hall–Kier alpha value is -6.46. The zero-order valence-electron chi connectivity index (χ0n) is 38.9. The van der Waals surface area contributed by atoms with Gasteiger partial charge in [-0.05, 0) is 77.9 Å². The van der Waals surface area contributed by atoms with Crippen molar-refractivity contribution in [3.63, 3.8) is 0 Å². The summed E-state index contributed by atoms with van der Waals surface area (Å²) in [4.78, 5) is 63.5. The normalized spacial score (nSPS) is 17.2. The average molecular weight is 953 g/mol. The number of carbonyl (C=O) groups is 2. The van der Waals surface area contributed by atoms with Crippen molar-refractivity contribution in [2.75, 3.05) is 79.8 Å². The number of benzene rings is 2. The zero-order chi connectivity index (χ0) is 47.6. The number of aromatic nitrogens is 2. The van der Waals surface area contributed by atoms with E-state index in [-0.39, 0.29) is 58.8 Å². The van der Waals surface area contributed by atoms with Gasteiger partial charge in [0.05, 0.1) is 39.7 Å². The lowest BCUT2D eigenvalue weighted by molar-refractivity contribution is 0.0439. The monoisotopic (exact) mass is 952 g/mol. The van der Waals surface area contributed by atoms with Crippen LogP contribution in [0.25, 0.3) is 10.9 Å². The standard InChI is InChI=1S/C46H56N12O9S/c1-25(2)58(26(3)4)22-28(60)24-66-32-12-10-30-36(38(32)64-6)52-46(57-18-14-48-40(30)57)54-42(62)34-20-50-44(68-34)43-49-19-33(67-43)41(61)53-45-51-35-29(39-47-13-17-56(39)45)9-11-31(37(35)63-5)65-23-27(59)21-55-15-7-8-16-55/h9-12,19-20,25-28,59-60H,7-8,13-18,21-24H2,1-6H3,(H,51,53,61)(H,52,54,62)/t27-,28-/m0/s1. The molecule has 1 saturated heterocycles. The number of hydrogen-bond donors (Lipinski definition) is 4. The number of aliphatic imine (C=N–C) groups is 4. The van der Waals surface area contributed by atoms with Crippen LogP contribution in [0.5, 0.6) is 23.0 Å². The number of aliphatic hydroxyl groups excluding tert-OH is 2. The molecule has 0 unspecified atom stereocenters. The number of nitrogens with one attached hydrogen (secondary N) is 2. The highest BCUT2D eigenvalue weighted by molar-refractivity contribution is 7.16. The van der Waals surface area contributed by atoms with Gasteiger partial charge in [0.1, 0.15) is 53.3 Å². The second kappa shape index (κ2) is 20.0. The Balaban J connectivity index is 0.874. The number of oxazole rings is 1. The van der Waals surface area contributed by atoms with E-state index in [0.29, 0.717) is 96.4 Å². The third-order valence-corrected chi connectivity index (χ3v) is 13.1. The number of fused-ring (bicyclic) bond motifs is 6. The smallest absolute Gasteiger partial charge is 0.295 e. The van der Waals surface area contributed by atoms with Gasteiger partial charge in [-0.15, -0.1) is 11.3 Å². The number of hydrogen-bond acceptors (Lipinski definition) is 20. The fourth-order valence-corrected chi connectivity index (χ4v) is 9.63. The molecular formula is C46H56N12O9S. The summed E-state index contributed by atoms with van der Waals surface area (Å²) < 4.78 is 29.6. The van der Waals surface area contributed by atoms with Crippen LogP contribution in [0.1, 0.15) is 71.9 Å². The fourth-order valence-electron chi connectivity index (χ4n) is 8.89. The highest BCUT2D eigenvalue weighted by atomic mass is 32.1. The number of methoxy groups -OCH3 is 2. The van der Waals surface area contributed by atoms with E-state index in [1.165, 1.54) is 26.6 Å². The Bertz CT molecular complexity index is 2660. The highest BCUT2D eigenvalue weighted by Crippen LogP contribution is 2.45. The van der Waals surface area contributed by atoms with Gasteiger partial charge >= 0.3 is 0 Å². The molecule has 4 N–H and O–H groups in total. The molecule has 4 aromatic rings. The summed E-state index contributed by atoms with van der Waals surface area (Å²) in [5.41, 5.74) is 2.29. The number of amides is 2. The van der Waals surface area contributed by atoms with Gasteiger partial charge in [-0.25, -0.2) is 20.0 Å². The maximum absolute atomic E-state index is 13.8. The summed E-state index contributed by atoms with van der Waals surface area (Å²) in [6.45, 7) is 13.3. The number of rotatable bonds is 17. The molecule has 0 spiro atoms. The molecule has 5 aliphatic rings. The Morgan fingerprint density at radius 2 is 1.32 bits per heavy atom. The molecule has 0 aliphatic carbocycles. The molecule has 7 heterocycles. The van der Waals surface area contributed by atoms with E-state index in [1.54, 1.807) is 17.0 Å². The second-order valence-electron chi connectivity index (χ2n) is 17.4. The van der Waals surface area contributed by atoms with Crippen LogP contribution in [0.4, 0.5) is 11.4 Å². The minimum atomic E-state index is -0.750. The minimum Gasteiger partial charge on any atom is -0.491 e. The van der Waals surface area contributed by atoms with E-state index < -0.39 is 24.0 Å². The molecule has 2 aromatic heterocycles. The van der Waals surface area contributed by atoms with Crippen molar-refractivity contribution in [1.29, 1.82) is 0 Å². The third-order valence-electron chi connectivity index (χ3n) is 12.1. The summed E-state index contributed by atoms with van der Waals surface area (Å²) in [7, 11) is 3.03. The topological polar surface area (TPSA) is 237 Å². The van der Waals surface area contributed by atoms with Gasteiger partial charge in [-0.3, -0.25) is 44.9 Å². The molecule has 360 valence electrons. The first-order valence-corrected chi connectivity index (χ1v) is 23.6. The fraction of sp³-hybridized carbons (Fsp3) is 0.478. The van der Waals surface area contributed by atoms with Gasteiger partial charge in [-0.1, -0.05) is 0 Å². The van der Waals surface area contributed by atoms with Gasteiger partial charge in [0.15, 0.2) is 28.0 Å². The van der Waals surface area contributed by atoms with E-state index in [2.05, 4.69) is 63.1 Å². The number of amidine groups is 2. The van der Waals surface area contributed by atoms with Crippen molar-refractivity contribution in [3.8, 4) is 33.9 Å². The number of guanidine groups is 2. The largest absolute Gasteiger partial charge is 0.491 e. The van der Waals surface area contributed by atoms with Crippen molar-refractivity contribution in [3.05, 3.63) is 58.4 Å².